The molecule has 0 radical (unpaired) electrons. The van der Waals surface area contributed by atoms with Crippen LogP contribution in [0.25, 0.3) is 11.0 Å². The Labute approximate surface area is 155 Å². The maximum Gasteiger partial charge on any atom is 0.197 e. The van der Waals surface area contributed by atoms with Crippen molar-refractivity contribution >= 4 is 61.9 Å². The van der Waals surface area contributed by atoms with Gasteiger partial charge in [-0.05, 0) is 57.0 Å². The summed E-state index contributed by atoms with van der Waals surface area (Å²) in [5.74, 6) is -0.348. The van der Waals surface area contributed by atoms with Crippen molar-refractivity contribution in [2.75, 3.05) is 0 Å². The molecule has 1 N–H and O–H groups in total. The molecule has 1 unspecified atom stereocenters. The van der Waals surface area contributed by atoms with Crippen LogP contribution in [0.15, 0.2) is 43.7 Å². The number of halogens is 3. The Kier molecular flexibility index (Phi) is 4.57. The van der Waals surface area contributed by atoms with E-state index >= 15 is 0 Å². The Hall–Kier alpha value is -1.60. The highest BCUT2D eigenvalue weighted by molar-refractivity contribution is 9.11. The summed E-state index contributed by atoms with van der Waals surface area (Å²) in [6.45, 7) is 1.34. The molecule has 3 nitrogen and oxygen atoms in total. The van der Waals surface area contributed by atoms with Gasteiger partial charge in [-0.2, -0.15) is 0 Å². The van der Waals surface area contributed by atoms with Gasteiger partial charge in [-0.15, -0.1) is 0 Å². The zero-order valence-corrected chi connectivity index (χ0v) is 16.0. The molecule has 1 atom stereocenters. The Bertz CT molecular complexity index is 943. The molecule has 0 bridgehead atoms. The van der Waals surface area contributed by atoms with Gasteiger partial charge in [0.2, 0.25) is 0 Å². The quantitative estimate of drug-likeness (QED) is 0.478. The van der Waals surface area contributed by atoms with E-state index < -0.39 is 6.17 Å². The summed E-state index contributed by atoms with van der Waals surface area (Å²) in [6, 6.07) is 8.40. The van der Waals surface area contributed by atoms with Crippen LogP contribution in [-0.2, 0) is 0 Å². The lowest BCUT2D eigenvalue weighted by Crippen LogP contribution is -2.06. The summed E-state index contributed by atoms with van der Waals surface area (Å²) >= 11 is 6.42. The van der Waals surface area contributed by atoms with E-state index in [1.54, 1.807) is 6.07 Å². The van der Waals surface area contributed by atoms with E-state index in [0.29, 0.717) is 25.5 Å². The summed E-state index contributed by atoms with van der Waals surface area (Å²) in [7, 11) is 1.90. The minimum Gasteiger partial charge on any atom is -0.506 e. The largest absolute Gasteiger partial charge is 0.506 e. The lowest BCUT2D eigenvalue weighted by atomic mass is 9.92. The smallest absolute Gasteiger partial charge is 0.197 e. The van der Waals surface area contributed by atoms with Crippen LogP contribution in [0.1, 0.15) is 34.8 Å². The van der Waals surface area contributed by atoms with Crippen LogP contribution >= 0.6 is 31.9 Å². The van der Waals surface area contributed by atoms with Crippen LogP contribution in [0.3, 0.4) is 0 Å². The Morgan fingerprint density at radius 3 is 2.46 bits per heavy atom. The molecule has 3 rings (SSSR count). The first-order valence-electron chi connectivity index (χ1n) is 7.19. The number of aromatic hydroxyl groups is 1. The number of hydrogen-bond acceptors (Lipinski definition) is 3. The summed E-state index contributed by atoms with van der Waals surface area (Å²) < 4.78 is 20.3. The second-order valence-corrected chi connectivity index (χ2v) is 7.28. The van der Waals surface area contributed by atoms with Crippen molar-refractivity contribution in [3.8, 4) is 5.75 Å². The van der Waals surface area contributed by atoms with Crippen LogP contribution in [0.2, 0.25) is 0 Å². The normalized spacial score (nSPS) is 12.5. The average molecular weight is 454 g/mol. The number of benzene rings is 2. The third kappa shape index (κ3) is 2.91. The number of alkyl halides is 1. The van der Waals surface area contributed by atoms with E-state index in [1.807, 2.05) is 20.0 Å². The van der Waals surface area contributed by atoms with E-state index in [-0.39, 0.29) is 22.9 Å². The fourth-order valence-corrected chi connectivity index (χ4v) is 3.77. The number of phenolic OH excluding ortho intramolecular Hbond substituents is 1. The second kappa shape index (κ2) is 6.37. The monoisotopic (exact) mass is 452 g/mol. The van der Waals surface area contributed by atoms with Crippen molar-refractivity contribution < 1.29 is 18.7 Å². The maximum atomic E-state index is 14.0. The summed E-state index contributed by atoms with van der Waals surface area (Å²) in [5.41, 5.74) is 1.95. The minimum absolute atomic E-state index is 0.00136. The van der Waals surface area contributed by atoms with Gasteiger partial charge in [0, 0.05) is 10.9 Å². The number of fused-ring (bicyclic) bond motifs is 1. The van der Waals surface area contributed by atoms with Crippen molar-refractivity contribution in [3.05, 3.63) is 56.2 Å². The molecule has 0 aliphatic carbocycles. The van der Waals surface area contributed by atoms with E-state index in [2.05, 4.69) is 31.9 Å². The number of carbonyl (C=O) groups is 1. The SMILES string of the molecule is Bc1ccc2oc(C(C)F)c(C(=O)c3cc(Br)c(O)c(Br)c3)c2c1. The molecule has 1 heterocycles. The number of furan rings is 1. The van der Waals surface area contributed by atoms with Crippen LogP contribution < -0.4 is 5.46 Å². The van der Waals surface area contributed by atoms with Gasteiger partial charge in [-0.1, -0.05) is 17.6 Å². The molecule has 0 fully saturated rings. The van der Waals surface area contributed by atoms with E-state index in [4.69, 9.17) is 4.42 Å². The van der Waals surface area contributed by atoms with E-state index in [0.717, 1.165) is 5.46 Å². The van der Waals surface area contributed by atoms with Crippen molar-refractivity contribution in [2.45, 2.75) is 13.1 Å². The molecule has 0 amide bonds. The van der Waals surface area contributed by atoms with Crippen molar-refractivity contribution in [2.24, 2.45) is 0 Å². The number of rotatable bonds is 3. The Morgan fingerprint density at radius 2 is 1.88 bits per heavy atom. The highest BCUT2D eigenvalue weighted by Gasteiger charge is 2.26. The number of phenols is 1. The van der Waals surface area contributed by atoms with E-state index in [9.17, 15) is 14.3 Å². The topological polar surface area (TPSA) is 50.4 Å². The highest BCUT2D eigenvalue weighted by Crippen LogP contribution is 2.37. The van der Waals surface area contributed by atoms with Crippen molar-refractivity contribution in [1.29, 1.82) is 0 Å². The third-order valence-corrected chi connectivity index (χ3v) is 4.95. The van der Waals surface area contributed by atoms with Gasteiger partial charge in [0.1, 0.15) is 24.9 Å². The third-order valence-electron chi connectivity index (χ3n) is 3.74. The fraction of sp³-hybridized carbons (Fsp3) is 0.118. The lowest BCUT2D eigenvalue weighted by molar-refractivity contribution is 0.103. The predicted octanol–water partition coefficient (Wildman–Crippen LogP) is 4.18. The minimum atomic E-state index is -1.42. The zero-order chi connectivity index (χ0) is 17.6. The van der Waals surface area contributed by atoms with Gasteiger partial charge in [-0.3, -0.25) is 4.79 Å². The molecule has 0 saturated carbocycles. The molecule has 0 spiro atoms. The van der Waals surface area contributed by atoms with Gasteiger partial charge in [0.25, 0.3) is 0 Å². The van der Waals surface area contributed by atoms with Crippen LogP contribution in [0.5, 0.6) is 5.75 Å². The van der Waals surface area contributed by atoms with Crippen molar-refractivity contribution in [3.63, 3.8) is 0 Å². The first-order chi connectivity index (χ1) is 11.3. The first kappa shape index (κ1) is 17.2. The summed E-state index contributed by atoms with van der Waals surface area (Å²) in [6.07, 6.45) is -1.42. The fourth-order valence-electron chi connectivity index (χ4n) is 2.59. The molecular formula is C17H12BBr2FO3. The van der Waals surface area contributed by atoms with Crippen molar-refractivity contribution in [1.82, 2.24) is 0 Å². The average Bonchev–Trinajstić information content (AvgIpc) is 2.90. The molecule has 1 aromatic heterocycles. The first-order valence-corrected chi connectivity index (χ1v) is 8.78. The van der Waals surface area contributed by atoms with Crippen LogP contribution in [-0.4, -0.2) is 18.7 Å². The standard InChI is InChI=1S/C17H12BBr2FO3/c1-7(21)17-14(10-6-9(18)2-3-13(10)24-17)15(22)8-4-11(19)16(23)12(20)5-8/h2-7,23H,18H2,1H3. The van der Waals surface area contributed by atoms with Gasteiger partial charge in [-0.25, -0.2) is 4.39 Å². The Morgan fingerprint density at radius 1 is 1.25 bits per heavy atom. The van der Waals surface area contributed by atoms with Crippen LogP contribution in [0.4, 0.5) is 4.39 Å². The maximum absolute atomic E-state index is 14.0. The molecule has 0 aliphatic rings. The highest BCUT2D eigenvalue weighted by atomic mass is 79.9. The zero-order valence-electron chi connectivity index (χ0n) is 12.9. The van der Waals surface area contributed by atoms with Gasteiger partial charge < -0.3 is 9.52 Å². The molecule has 2 aromatic carbocycles. The predicted molar refractivity (Wildman–Crippen MR) is 101 cm³/mol. The Balaban J connectivity index is 2.26. The van der Waals surface area contributed by atoms with Gasteiger partial charge in [0.15, 0.2) is 12.0 Å². The number of hydrogen-bond donors (Lipinski definition) is 1. The number of carbonyl (C=O) groups excluding carboxylic acids is 1. The molecule has 24 heavy (non-hydrogen) atoms. The molecule has 0 saturated heterocycles. The summed E-state index contributed by atoms with van der Waals surface area (Å²) in [5, 5.41) is 10.4. The molecule has 0 aliphatic heterocycles. The number of ketones is 1. The van der Waals surface area contributed by atoms with E-state index in [1.165, 1.54) is 19.1 Å². The second-order valence-electron chi connectivity index (χ2n) is 5.57. The summed E-state index contributed by atoms with van der Waals surface area (Å²) in [4.78, 5) is 13.0. The lowest BCUT2D eigenvalue weighted by Gasteiger charge is -2.07. The molecule has 122 valence electrons. The van der Waals surface area contributed by atoms with Gasteiger partial charge >= 0.3 is 0 Å². The van der Waals surface area contributed by atoms with Crippen LogP contribution in [0, 0.1) is 0 Å². The molecular weight excluding hydrogens is 442 g/mol. The molecule has 7 heteroatoms. The van der Waals surface area contributed by atoms with Gasteiger partial charge in [0.05, 0.1) is 14.5 Å². The molecule has 3 aromatic rings.